The van der Waals surface area contributed by atoms with Crippen LogP contribution in [0.5, 0.6) is 0 Å². The molecule has 2 amide bonds. The highest BCUT2D eigenvalue weighted by Crippen LogP contribution is 2.32. The minimum absolute atomic E-state index is 0.0148. The van der Waals surface area contributed by atoms with E-state index in [-0.39, 0.29) is 35.5 Å². The van der Waals surface area contributed by atoms with Crippen molar-refractivity contribution in [3.8, 4) is 0 Å². The number of halogens is 3. The van der Waals surface area contributed by atoms with E-state index >= 15 is 0 Å². The third-order valence-electron chi connectivity index (χ3n) is 16.7. The molecule has 0 fully saturated rings. The number of rotatable bonds is 28. The number of carbonyl (C=O) groups is 4. The Kier molecular flexibility index (Phi) is 34.0. The molecule has 0 radical (unpaired) electrons. The molecule has 3 atom stereocenters. The maximum atomic E-state index is 13.3. The van der Waals surface area contributed by atoms with E-state index < -0.39 is 23.5 Å². The Hall–Kier alpha value is -7.78. The van der Waals surface area contributed by atoms with E-state index in [4.69, 9.17) is 15.6 Å². The lowest BCUT2D eigenvalue weighted by Gasteiger charge is -2.28. The molecule has 510 valence electrons. The second-order valence-corrected chi connectivity index (χ2v) is 27.9. The summed E-state index contributed by atoms with van der Waals surface area (Å²) in [6.45, 7) is 18.0. The molecule has 13 heteroatoms. The first-order valence-corrected chi connectivity index (χ1v) is 36.2. The maximum Gasteiger partial charge on any atom is 0.310 e. The van der Waals surface area contributed by atoms with Crippen molar-refractivity contribution in [2.45, 2.75) is 128 Å². The number of hydrogen-bond donors (Lipinski definition) is 3. The second-order valence-electron chi connectivity index (χ2n) is 25.1. The molecule has 0 bridgehead atoms. The average Bonchev–Trinajstić information content (AvgIpc) is 1.07. The topological polar surface area (TPSA) is 142 Å². The van der Waals surface area contributed by atoms with Crippen molar-refractivity contribution in [2.24, 2.45) is 5.73 Å². The first kappa shape index (κ1) is 78.2. The fourth-order valence-electron chi connectivity index (χ4n) is 11.5. The molecule has 4 N–H and O–H groups in total. The zero-order valence-corrected chi connectivity index (χ0v) is 62.1. The molecule has 0 aliphatic rings. The molecule has 0 aliphatic carbocycles. The quantitative estimate of drug-likeness (QED) is 0.0325. The number of carboxylic acids is 1. The molecule has 9 aromatic rings. The van der Waals surface area contributed by atoms with Crippen molar-refractivity contribution in [3.05, 3.63) is 318 Å². The largest absolute Gasteiger partial charge is 0.481 e. The molecule has 0 saturated heterocycles. The monoisotopic (exact) mass is 1490 g/mol. The standard InChI is InChI=1S/C27H30BrNO.C26H29BrN2O.C22H29NO2.C9H9BrO2/c1-3-19-29(27(30)21(2)22-14-16-25(28)17-15-22)20-18-26(23-10-6-4-7-11-23)24-12-8-5-9-13-24;1-2-18-29(26(30)25(28)22-13-15-23(27)16-14-22)19-17-24(20-9-5-3-6-10-20)21-11-7-4-8-12-21;1-22(2,3)25-21(24)15-17-23-16-14-20(18-10-6-4-7-11-18)19-12-8-5-9-13-19;1-6(9(11)12)7-2-4-8(10)5-3-7/h4-17,21,26H,3,18-20H2,1-2H3;3-16,24-25H,2,17-19,28H2,1H3;4-13,20,23H,14-17H2,1-3H3;2-6H,1H3,(H,11,12). The zero-order chi connectivity index (χ0) is 70.0. The van der Waals surface area contributed by atoms with E-state index in [1.807, 2.05) is 135 Å². The van der Waals surface area contributed by atoms with Crippen LogP contribution in [0.4, 0.5) is 0 Å². The Morgan fingerprint density at radius 1 is 0.412 bits per heavy atom. The SMILES string of the molecule is CC(C(=O)O)c1ccc(Br)cc1.CC(C)(C)OC(=O)CCNCCC(c1ccccc1)c1ccccc1.CCCN(CCC(c1ccccc1)c1ccccc1)C(=O)C(C)c1ccc(Br)cc1.CCCN(CCC(c1ccccc1)c1ccccc1)C(=O)C(N)c1ccc(Br)cc1. The number of esters is 1. The van der Waals surface area contributed by atoms with Crippen LogP contribution in [-0.2, 0) is 23.9 Å². The molecule has 0 aromatic heterocycles. The highest BCUT2D eigenvalue weighted by atomic mass is 79.9. The first-order valence-electron chi connectivity index (χ1n) is 33.8. The molecule has 0 saturated carbocycles. The summed E-state index contributed by atoms with van der Waals surface area (Å²) in [5.41, 5.74) is 16.4. The lowest BCUT2D eigenvalue weighted by atomic mass is 9.88. The van der Waals surface area contributed by atoms with Gasteiger partial charge >= 0.3 is 11.9 Å². The van der Waals surface area contributed by atoms with Gasteiger partial charge in [0.2, 0.25) is 11.8 Å². The Balaban J connectivity index is 0.000000212. The molecule has 0 heterocycles. The van der Waals surface area contributed by atoms with Crippen molar-refractivity contribution in [3.63, 3.8) is 0 Å². The van der Waals surface area contributed by atoms with Gasteiger partial charge in [0.25, 0.3) is 0 Å². The molecular formula is C84H97Br3N4O6. The van der Waals surface area contributed by atoms with E-state index in [0.29, 0.717) is 32.0 Å². The van der Waals surface area contributed by atoms with Gasteiger partial charge in [-0.2, -0.15) is 0 Å². The van der Waals surface area contributed by atoms with Gasteiger partial charge in [-0.15, -0.1) is 0 Å². The van der Waals surface area contributed by atoms with Gasteiger partial charge in [-0.1, -0.05) is 280 Å². The first-order chi connectivity index (χ1) is 46.8. The Morgan fingerprint density at radius 2 is 0.711 bits per heavy atom. The van der Waals surface area contributed by atoms with Gasteiger partial charge in [-0.25, -0.2) is 0 Å². The number of benzene rings is 9. The molecular weight excluding hydrogens is 1400 g/mol. The van der Waals surface area contributed by atoms with Crippen molar-refractivity contribution >= 4 is 71.5 Å². The summed E-state index contributed by atoms with van der Waals surface area (Å²) in [5, 5.41) is 12.1. The summed E-state index contributed by atoms with van der Waals surface area (Å²) in [6.07, 6.45) is 5.01. The maximum absolute atomic E-state index is 13.3. The lowest BCUT2D eigenvalue weighted by molar-refractivity contribution is -0.154. The van der Waals surface area contributed by atoms with Crippen molar-refractivity contribution in [1.29, 1.82) is 0 Å². The smallest absolute Gasteiger partial charge is 0.310 e. The van der Waals surface area contributed by atoms with Crippen LogP contribution in [0, 0.1) is 0 Å². The summed E-state index contributed by atoms with van der Waals surface area (Å²) in [7, 11) is 0. The van der Waals surface area contributed by atoms with Crippen LogP contribution in [0.2, 0.25) is 0 Å². The predicted molar refractivity (Wildman–Crippen MR) is 409 cm³/mol. The van der Waals surface area contributed by atoms with Crippen LogP contribution in [0.25, 0.3) is 0 Å². The average molecular weight is 1500 g/mol. The van der Waals surface area contributed by atoms with Gasteiger partial charge in [-0.05, 0) is 160 Å². The van der Waals surface area contributed by atoms with Crippen molar-refractivity contribution in [1.82, 2.24) is 15.1 Å². The van der Waals surface area contributed by atoms with E-state index in [0.717, 1.165) is 81.8 Å². The summed E-state index contributed by atoms with van der Waals surface area (Å²) in [5.74, 6) is -0.449. The minimum Gasteiger partial charge on any atom is -0.481 e. The second kappa shape index (κ2) is 42.1. The van der Waals surface area contributed by atoms with Crippen LogP contribution < -0.4 is 11.1 Å². The number of carbonyl (C=O) groups excluding carboxylic acids is 3. The van der Waals surface area contributed by atoms with Crippen LogP contribution in [0.15, 0.2) is 268 Å². The number of ether oxygens (including phenoxy) is 1. The third-order valence-corrected chi connectivity index (χ3v) is 18.3. The predicted octanol–water partition coefficient (Wildman–Crippen LogP) is 20.1. The molecule has 97 heavy (non-hydrogen) atoms. The number of amides is 2. The van der Waals surface area contributed by atoms with E-state index in [2.05, 4.69) is 225 Å². The Morgan fingerprint density at radius 3 is 1.02 bits per heavy atom. The summed E-state index contributed by atoms with van der Waals surface area (Å²) >= 11 is 10.2. The number of carboxylic acid groups (broad SMARTS) is 1. The van der Waals surface area contributed by atoms with Gasteiger partial charge in [0.1, 0.15) is 11.6 Å². The Bertz CT molecular complexity index is 3410. The number of nitrogens with one attached hydrogen (secondary N) is 1. The highest BCUT2D eigenvalue weighted by molar-refractivity contribution is 9.11. The van der Waals surface area contributed by atoms with Crippen LogP contribution in [0.3, 0.4) is 0 Å². The lowest BCUT2D eigenvalue weighted by Crippen LogP contribution is -2.40. The summed E-state index contributed by atoms with van der Waals surface area (Å²) in [6, 6.07) is 85.8. The van der Waals surface area contributed by atoms with Crippen molar-refractivity contribution in [2.75, 3.05) is 39.3 Å². The van der Waals surface area contributed by atoms with E-state index in [9.17, 15) is 19.2 Å². The summed E-state index contributed by atoms with van der Waals surface area (Å²) in [4.78, 5) is 52.8. The zero-order valence-electron chi connectivity index (χ0n) is 57.3. The molecule has 9 aromatic carbocycles. The van der Waals surface area contributed by atoms with Gasteiger partial charge < -0.3 is 30.7 Å². The van der Waals surface area contributed by atoms with Crippen molar-refractivity contribution < 1.29 is 29.0 Å². The summed E-state index contributed by atoms with van der Waals surface area (Å²) < 4.78 is 8.30. The van der Waals surface area contributed by atoms with Gasteiger partial charge in [0.15, 0.2) is 0 Å². The molecule has 0 aliphatic heterocycles. The normalized spacial score (nSPS) is 11.9. The molecule has 0 spiro atoms. The van der Waals surface area contributed by atoms with E-state index in [1.54, 1.807) is 6.92 Å². The molecule has 9 rings (SSSR count). The van der Waals surface area contributed by atoms with Gasteiger partial charge in [0, 0.05) is 63.9 Å². The van der Waals surface area contributed by atoms with Gasteiger partial charge in [-0.3, -0.25) is 19.2 Å². The number of aliphatic carboxylic acids is 1. The van der Waals surface area contributed by atoms with Crippen LogP contribution in [-0.4, -0.2) is 83.5 Å². The molecule has 3 unspecified atom stereocenters. The fourth-order valence-corrected chi connectivity index (χ4v) is 12.3. The van der Waals surface area contributed by atoms with Gasteiger partial charge in [0.05, 0.1) is 18.3 Å². The minimum atomic E-state index is -0.794. The fraction of sp³-hybridized carbons (Fsp3) is 0.310. The number of nitrogens with zero attached hydrogens (tertiary/aromatic N) is 2. The Labute approximate surface area is 602 Å². The molecule has 10 nitrogen and oxygen atoms in total. The van der Waals surface area contributed by atoms with Crippen LogP contribution in [0.1, 0.15) is 173 Å². The third kappa shape index (κ3) is 27.2. The number of hydrogen-bond acceptors (Lipinski definition) is 7. The van der Waals surface area contributed by atoms with Crippen LogP contribution >= 0.6 is 47.8 Å². The van der Waals surface area contributed by atoms with E-state index in [1.165, 1.54) is 33.4 Å². The highest BCUT2D eigenvalue weighted by Gasteiger charge is 2.26. The number of nitrogens with two attached hydrogens (primary N) is 1.